The van der Waals surface area contributed by atoms with E-state index in [-0.39, 0.29) is 5.79 Å². The molecule has 2 saturated heterocycles. The maximum atomic E-state index is 5.82. The molecule has 0 bridgehead atoms. The van der Waals surface area contributed by atoms with Crippen LogP contribution >= 0.6 is 0 Å². The van der Waals surface area contributed by atoms with Gasteiger partial charge in [0.1, 0.15) is 0 Å². The third-order valence-corrected chi connectivity index (χ3v) is 3.47. The van der Waals surface area contributed by atoms with Crippen molar-refractivity contribution in [2.75, 3.05) is 19.8 Å². The lowest BCUT2D eigenvalue weighted by atomic mass is 10.0. The van der Waals surface area contributed by atoms with Crippen LogP contribution in [0.25, 0.3) is 0 Å². The molecular formula is C13H24O3. The van der Waals surface area contributed by atoms with Crippen LogP contribution in [0.4, 0.5) is 0 Å². The molecule has 2 rings (SSSR count). The Morgan fingerprint density at radius 2 is 1.81 bits per heavy atom. The minimum absolute atomic E-state index is 0.264. The maximum absolute atomic E-state index is 5.82. The van der Waals surface area contributed by atoms with Crippen LogP contribution in [0.2, 0.25) is 0 Å². The van der Waals surface area contributed by atoms with Crippen molar-refractivity contribution < 1.29 is 14.2 Å². The van der Waals surface area contributed by atoms with E-state index in [0.717, 1.165) is 39.1 Å². The molecule has 2 aliphatic rings. The second-order valence-corrected chi connectivity index (χ2v) is 4.91. The van der Waals surface area contributed by atoms with Crippen LogP contribution in [-0.4, -0.2) is 31.7 Å². The van der Waals surface area contributed by atoms with Crippen molar-refractivity contribution in [2.24, 2.45) is 0 Å². The van der Waals surface area contributed by atoms with Crippen molar-refractivity contribution in [3.8, 4) is 0 Å². The lowest BCUT2D eigenvalue weighted by molar-refractivity contribution is -0.169. The van der Waals surface area contributed by atoms with Crippen LogP contribution in [0.1, 0.15) is 51.9 Å². The van der Waals surface area contributed by atoms with Gasteiger partial charge >= 0.3 is 0 Å². The van der Waals surface area contributed by atoms with Gasteiger partial charge in [-0.15, -0.1) is 0 Å². The molecule has 3 heteroatoms. The summed E-state index contributed by atoms with van der Waals surface area (Å²) >= 11 is 0. The summed E-state index contributed by atoms with van der Waals surface area (Å²) in [6, 6.07) is 0. The zero-order valence-electron chi connectivity index (χ0n) is 10.4. The second-order valence-electron chi connectivity index (χ2n) is 4.91. The zero-order chi connectivity index (χ0) is 11.3. The quantitative estimate of drug-likeness (QED) is 0.473. The fourth-order valence-corrected chi connectivity index (χ4v) is 2.35. The first kappa shape index (κ1) is 12.3. The first-order chi connectivity index (χ1) is 7.85. The summed E-state index contributed by atoms with van der Waals surface area (Å²) in [5, 5.41) is 0. The van der Waals surface area contributed by atoms with Crippen molar-refractivity contribution in [2.45, 2.75) is 63.8 Å². The Bertz CT molecular complexity index is 195. The fourth-order valence-electron chi connectivity index (χ4n) is 2.35. The topological polar surface area (TPSA) is 31.0 Å². The zero-order valence-corrected chi connectivity index (χ0v) is 10.4. The molecular weight excluding hydrogens is 204 g/mol. The van der Waals surface area contributed by atoms with Gasteiger partial charge < -0.3 is 14.2 Å². The van der Waals surface area contributed by atoms with Gasteiger partial charge in [0, 0.05) is 12.8 Å². The summed E-state index contributed by atoms with van der Waals surface area (Å²) < 4.78 is 16.9. The predicted molar refractivity (Wildman–Crippen MR) is 62.4 cm³/mol. The molecule has 1 atom stereocenters. The minimum Gasteiger partial charge on any atom is -0.373 e. The molecule has 2 fully saturated rings. The monoisotopic (exact) mass is 228 g/mol. The van der Waals surface area contributed by atoms with E-state index in [0.29, 0.717) is 6.10 Å². The van der Waals surface area contributed by atoms with Crippen LogP contribution in [0.5, 0.6) is 0 Å². The van der Waals surface area contributed by atoms with Crippen molar-refractivity contribution in [1.29, 1.82) is 0 Å². The molecule has 2 aliphatic heterocycles. The van der Waals surface area contributed by atoms with Gasteiger partial charge in [0.05, 0.1) is 25.9 Å². The number of hydrogen-bond donors (Lipinski definition) is 0. The van der Waals surface area contributed by atoms with E-state index in [4.69, 9.17) is 14.2 Å². The van der Waals surface area contributed by atoms with Gasteiger partial charge in [-0.05, 0) is 12.8 Å². The van der Waals surface area contributed by atoms with Crippen LogP contribution in [0.3, 0.4) is 0 Å². The van der Waals surface area contributed by atoms with Gasteiger partial charge in [0.15, 0.2) is 5.79 Å². The van der Waals surface area contributed by atoms with Crippen LogP contribution < -0.4 is 0 Å². The maximum Gasteiger partial charge on any atom is 0.168 e. The molecule has 0 amide bonds. The van der Waals surface area contributed by atoms with E-state index in [1.165, 1.54) is 25.7 Å². The Hall–Kier alpha value is -0.120. The minimum atomic E-state index is -0.264. The Kier molecular flexibility index (Phi) is 4.62. The lowest BCUT2D eigenvalue weighted by Crippen LogP contribution is -2.30. The van der Waals surface area contributed by atoms with Gasteiger partial charge in [-0.25, -0.2) is 0 Å². The highest BCUT2D eigenvalue weighted by molar-refractivity contribution is 4.79. The van der Waals surface area contributed by atoms with Crippen molar-refractivity contribution in [3.63, 3.8) is 0 Å². The Labute approximate surface area is 98.4 Å². The average Bonchev–Trinajstić information content (AvgIpc) is 3.02. The molecule has 16 heavy (non-hydrogen) atoms. The lowest BCUT2D eigenvalue weighted by Gasteiger charge is -2.27. The first-order valence-corrected chi connectivity index (χ1v) is 6.74. The van der Waals surface area contributed by atoms with Crippen molar-refractivity contribution in [3.05, 3.63) is 0 Å². The van der Waals surface area contributed by atoms with Gasteiger partial charge in [0.25, 0.3) is 0 Å². The van der Waals surface area contributed by atoms with Crippen molar-refractivity contribution in [1.82, 2.24) is 0 Å². The smallest absolute Gasteiger partial charge is 0.168 e. The normalized spacial score (nSPS) is 27.2. The Balaban J connectivity index is 1.68. The van der Waals surface area contributed by atoms with Gasteiger partial charge in [0.2, 0.25) is 0 Å². The molecule has 3 nitrogen and oxygen atoms in total. The number of unbranched alkanes of at least 4 members (excludes halogenated alkanes) is 3. The molecule has 0 saturated carbocycles. The fraction of sp³-hybridized carbons (Fsp3) is 1.00. The molecule has 0 spiro atoms. The average molecular weight is 228 g/mol. The molecule has 0 N–H and O–H groups in total. The summed E-state index contributed by atoms with van der Waals surface area (Å²) in [5.41, 5.74) is 0. The number of hydrogen-bond acceptors (Lipinski definition) is 3. The summed E-state index contributed by atoms with van der Waals surface area (Å²) in [6.45, 7) is 4.70. The standard InChI is InChI=1S/C13H24O3/c1-2-3-4-5-7-13(15-9-10-16-13)8-6-12-11-14-12/h12H,2-11H2,1H3. The van der Waals surface area contributed by atoms with Gasteiger partial charge in [-0.3, -0.25) is 0 Å². The number of epoxide rings is 1. The largest absolute Gasteiger partial charge is 0.373 e. The second kappa shape index (κ2) is 5.99. The van der Waals surface area contributed by atoms with Crippen LogP contribution in [0.15, 0.2) is 0 Å². The number of ether oxygens (including phenoxy) is 3. The van der Waals surface area contributed by atoms with E-state index < -0.39 is 0 Å². The van der Waals surface area contributed by atoms with Crippen molar-refractivity contribution >= 4 is 0 Å². The molecule has 0 aliphatic carbocycles. The number of rotatable bonds is 8. The van der Waals surface area contributed by atoms with E-state index in [1.807, 2.05) is 0 Å². The molecule has 0 aromatic carbocycles. The molecule has 94 valence electrons. The van der Waals surface area contributed by atoms with E-state index in [1.54, 1.807) is 0 Å². The van der Waals surface area contributed by atoms with Gasteiger partial charge in [-0.1, -0.05) is 26.2 Å². The summed E-state index contributed by atoms with van der Waals surface area (Å²) in [7, 11) is 0. The molecule has 2 heterocycles. The van der Waals surface area contributed by atoms with Crippen LogP contribution in [-0.2, 0) is 14.2 Å². The third-order valence-electron chi connectivity index (χ3n) is 3.47. The Morgan fingerprint density at radius 1 is 1.06 bits per heavy atom. The summed E-state index contributed by atoms with van der Waals surface area (Å²) in [6.07, 6.45) is 8.76. The van der Waals surface area contributed by atoms with E-state index in [2.05, 4.69) is 6.92 Å². The highest BCUT2D eigenvalue weighted by Crippen LogP contribution is 2.33. The highest BCUT2D eigenvalue weighted by atomic mass is 16.7. The van der Waals surface area contributed by atoms with E-state index >= 15 is 0 Å². The predicted octanol–water partition coefficient (Wildman–Crippen LogP) is 2.88. The first-order valence-electron chi connectivity index (χ1n) is 6.74. The summed E-state index contributed by atoms with van der Waals surface area (Å²) in [4.78, 5) is 0. The van der Waals surface area contributed by atoms with Gasteiger partial charge in [-0.2, -0.15) is 0 Å². The molecule has 0 aromatic heterocycles. The van der Waals surface area contributed by atoms with Crippen LogP contribution in [0, 0.1) is 0 Å². The molecule has 0 radical (unpaired) electrons. The Morgan fingerprint density at radius 3 is 2.44 bits per heavy atom. The molecule has 1 unspecified atom stereocenters. The summed E-state index contributed by atoms with van der Waals surface area (Å²) in [5.74, 6) is -0.264. The van der Waals surface area contributed by atoms with E-state index in [9.17, 15) is 0 Å². The SMILES string of the molecule is CCCCCCC1(CCC2CO2)OCCO1. The molecule has 0 aromatic rings. The third kappa shape index (κ3) is 3.72. The highest BCUT2D eigenvalue weighted by Gasteiger charge is 2.37.